The summed E-state index contributed by atoms with van der Waals surface area (Å²) < 4.78 is 0. The Morgan fingerprint density at radius 3 is 2.52 bits per heavy atom. The van der Waals surface area contributed by atoms with E-state index >= 15 is 0 Å². The van der Waals surface area contributed by atoms with Crippen LogP contribution < -0.4 is 0 Å². The van der Waals surface area contributed by atoms with Crippen molar-refractivity contribution in [1.82, 2.24) is 9.80 Å². The summed E-state index contributed by atoms with van der Waals surface area (Å²) in [5.74, 6) is 0.103. The Hall–Kier alpha value is -1.39. The number of aromatic carboxylic acids is 1. The summed E-state index contributed by atoms with van der Waals surface area (Å²) in [4.78, 5) is 16.0. The molecule has 21 heavy (non-hydrogen) atoms. The Morgan fingerprint density at radius 1 is 1.24 bits per heavy atom. The van der Waals surface area contributed by atoms with Crippen LogP contribution in [0.4, 0.5) is 0 Å². The molecule has 1 saturated carbocycles. The number of hydrogen-bond donors (Lipinski definition) is 1. The van der Waals surface area contributed by atoms with Gasteiger partial charge in [0.25, 0.3) is 0 Å². The Bertz CT molecular complexity index is 496. The zero-order valence-corrected chi connectivity index (χ0v) is 12.7. The standard InChI is InChI=1S/C17H24N2O2/c1-13-10-18(8-9-19(13)12-15-2-3-15)11-14-4-6-16(7-5-14)17(20)21/h4-7,13,15H,2-3,8-12H2,1H3,(H,20,21)/t13-/m1/s1. The molecular formula is C17H24N2O2. The number of benzene rings is 1. The highest BCUT2D eigenvalue weighted by Crippen LogP contribution is 2.30. The lowest BCUT2D eigenvalue weighted by Crippen LogP contribution is -2.51. The van der Waals surface area contributed by atoms with Gasteiger partial charge in [-0.25, -0.2) is 4.79 Å². The van der Waals surface area contributed by atoms with Crippen LogP contribution in [0.2, 0.25) is 0 Å². The molecule has 1 aliphatic heterocycles. The van der Waals surface area contributed by atoms with Crippen molar-refractivity contribution in [3.05, 3.63) is 35.4 Å². The minimum Gasteiger partial charge on any atom is -0.478 e. The predicted octanol–water partition coefficient (Wildman–Crippen LogP) is 2.30. The van der Waals surface area contributed by atoms with Gasteiger partial charge in [0.05, 0.1) is 5.56 Å². The van der Waals surface area contributed by atoms with Gasteiger partial charge in [-0.2, -0.15) is 0 Å². The number of hydrogen-bond acceptors (Lipinski definition) is 3. The highest BCUT2D eigenvalue weighted by atomic mass is 16.4. The largest absolute Gasteiger partial charge is 0.478 e. The number of carboxylic acid groups (broad SMARTS) is 1. The summed E-state index contributed by atoms with van der Waals surface area (Å²) in [5, 5.41) is 8.92. The van der Waals surface area contributed by atoms with Gasteiger partial charge in [-0.3, -0.25) is 9.80 Å². The Morgan fingerprint density at radius 2 is 1.95 bits per heavy atom. The SMILES string of the molecule is C[C@@H]1CN(Cc2ccc(C(=O)O)cc2)CCN1CC1CC1. The molecule has 4 heteroatoms. The van der Waals surface area contributed by atoms with Crippen molar-refractivity contribution in [3.63, 3.8) is 0 Å². The van der Waals surface area contributed by atoms with Crippen molar-refractivity contribution in [3.8, 4) is 0 Å². The fourth-order valence-corrected chi connectivity index (χ4v) is 3.13. The van der Waals surface area contributed by atoms with Crippen molar-refractivity contribution in [1.29, 1.82) is 0 Å². The minimum atomic E-state index is -0.858. The Balaban J connectivity index is 1.52. The highest BCUT2D eigenvalue weighted by molar-refractivity contribution is 5.87. The van der Waals surface area contributed by atoms with Crippen LogP contribution in [0, 0.1) is 5.92 Å². The molecule has 1 aromatic rings. The molecule has 2 aliphatic rings. The van der Waals surface area contributed by atoms with E-state index < -0.39 is 5.97 Å². The average molecular weight is 288 g/mol. The third-order valence-electron chi connectivity index (χ3n) is 4.65. The Labute approximate surface area is 126 Å². The first kappa shape index (κ1) is 14.5. The van der Waals surface area contributed by atoms with Crippen LogP contribution in [-0.4, -0.2) is 53.1 Å². The van der Waals surface area contributed by atoms with Gasteiger partial charge in [-0.05, 0) is 43.4 Å². The molecule has 1 aromatic carbocycles. The van der Waals surface area contributed by atoms with Crippen LogP contribution in [-0.2, 0) is 6.54 Å². The summed E-state index contributed by atoms with van der Waals surface area (Å²) in [7, 11) is 0. The maximum atomic E-state index is 10.9. The van der Waals surface area contributed by atoms with Gasteiger partial charge in [-0.15, -0.1) is 0 Å². The molecule has 2 fully saturated rings. The molecule has 114 valence electrons. The lowest BCUT2D eigenvalue weighted by Gasteiger charge is -2.40. The number of piperazine rings is 1. The van der Waals surface area contributed by atoms with Crippen molar-refractivity contribution >= 4 is 5.97 Å². The molecule has 1 saturated heterocycles. The van der Waals surface area contributed by atoms with E-state index in [0.717, 1.165) is 32.1 Å². The summed E-state index contributed by atoms with van der Waals surface area (Å²) >= 11 is 0. The fraction of sp³-hybridized carbons (Fsp3) is 0.588. The van der Waals surface area contributed by atoms with E-state index in [-0.39, 0.29) is 0 Å². The smallest absolute Gasteiger partial charge is 0.335 e. The van der Waals surface area contributed by atoms with Crippen LogP contribution in [0.5, 0.6) is 0 Å². The second-order valence-electron chi connectivity index (χ2n) is 6.52. The predicted molar refractivity (Wildman–Crippen MR) is 82.4 cm³/mol. The van der Waals surface area contributed by atoms with Crippen molar-refractivity contribution < 1.29 is 9.90 Å². The van der Waals surface area contributed by atoms with E-state index in [2.05, 4.69) is 16.7 Å². The second-order valence-corrected chi connectivity index (χ2v) is 6.52. The van der Waals surface area contributed by atoms with E-state index in [1.54, 1.807) is 12.1 Å². The van der Waals surface area contributed by atoms with E-state index in [1.165, 1.54) is 24.9 Å². The number of carboxylic acids is 1. The molecule has 0 unspecified atom stereocenters. The lowest BCUT2D eigenvalue weighted by molar-refractivity contribution is 0.0696. The minimum absolute atomic E-state index is 0.362. The van der Waals surface area contributed by atoms with Gasteiger partial charge < -0.3 is 5.11 Å². The lowest BCUT2D eigenvalue weighted by atomic mass is 10.1. The van der Waals surface area contributed by atoms with Crippen molar-refractivity contribution in [2.75, 3.05) is 26.2 Å². The van der Waals surface area contributed by atoms with Gasteiger partial charge in [0, 0.05) is 38.8 Å². The molecule has 3 rings (SSSR count). The van der Waals surface area contributed by atoms with E-state index in [0.29, 0.717) is 11.6 Å². The maximum absolute atomic E-state index is 10.9. The molecular weight excluding hydrogens is 264 g/mol. The molecule has 1 aliphatic carbocycles. The van der Waals surface area contributed by atoms with Crippen molar-refractivity contribution in [2.45, 2.75) is 32.4 Å². The van der Waals surface area contributed by atoms with Gasteiger partial charge in [0.15, 0.2) is 0 Å². The van der Waals surface area contributed by atoms with E-state index in [4.69, 9.17) is 5.11 Å². The third kappa shape index (κ3) is 3.83. The molecule has 1 N–H and O–H groups in total. The maximum Gasteiger partial charge on any atom is 0.335 e. The Kier molecular flexibility index (Phi) is 4.27. The molecule has 0 bridgehead atoms. The summed E-state index contributed by atoms with van der Waals surface area (Å²) in [5.41, 5.74) is 1.56. The first-order valence-electron chi connectivity index (χ1n) is 7.90. The quantitative estimate of drug-likeness (QED) is 0.903. The molecule has 0 amide bonds. The highest BCUT2D eigenvalue weighted by Gasteiger charge is 2.29. The van der Waals surface area contributed by atoms with Crippen molar-refractivity contribution in [2.24, 2.45) is 5.92 Å². The van der Waals surface area contributed by atoms with Crippen LogP contribution >= 0.6 is 0 Å². The van der Waals surface area contributed by atoms with Crippen LogP contribution in [0.3, 0.4) is 0 Å². The number of rotatable bonds is 5. The zero-order chi connectivity index (χ0) is 14.8. The van der Waals surface area contributed by atoms with Crippen LogP contribution in [0.1, 0.15) is 35.7 Å². The molecule has 1 atom stereocenters. The molecule has 0 radical (unpaired) electrons. The third-order valence-corrected chi connectivity index (χ3v) is 4.65. The number of carbonyl (C=O) groups is 1. The molecule has 0 spiro atoms. The zero-order valence-electron chi connectivity index (χ0n) is 12.7. The van der Waals surface area contributed by atoms with Crippen LogP contribution in [0.15, 0.2) is 24.3 Å². The second kappa shape index (κ2) is 6.16. The fourth-order valence-electron chi connectivity index (χ4n) is 3.13. The van der Waals surface area contributed by atoms with Gasteiger partial charge in [-0.1, -0.05) is 12.1 Å². The summed E-state index contributed by atoms with van der Waals surface area (Å²) in [6.45, 7) is 7.89. The summed E-state index contributed by atoms with van der Waals surface area (Å²) in [6, 6.07) is 7.89. The molecule has 4 nitrogen and oxygen atoms in total. The van der Waals surface area contributed by atoms with Gasteiger partial charge in [0.2, 0.25) is 0 Å². The summed E-state index contributed by atoms with van der Waals surface area (Å²) in [6.07, 6.45) is 2.84. The van der Waals surface area contributed by atoms with Crippen LogP contribution in [0.25, 0.3) is 0 Å². The number of nitrogens with zero attached hydrogens (tertiary/aromatic N) is 2. The van der Waals surface area contributed by atoms with E-state index in [9.17, 15) is 4.79 Å². The molecule has 1 heterocycles. The monoisotopic (exact) mass is 288 g/mol. The van der Waals surface area contributed by atoms with E-state index in [1.807, 2.05) is 12.1 Å². The van der Waals surface area contributed by atoms with Gasteiger partial charge >= 0.3 is 5.97 Å². The van der Waals surface area contributed by atoms with Gasteiger partial charge in [0.1, 0.15) is 0 Å². The topological polar surface area (TPSA) is 43.8 Å². The first-order valence-corrected chi connectivity index (χ1v) is 7.90. The average Bonchev–Trinajstić information content (AvgIpc) is 3.26. The molecule has 0 aromatic heterocycles. The first-order chi connectivity index (χ1) is 10.1. The normalized spacial score (nSPS) is 24.1.